The highest BCUT2D eigenvalue weighted by Gasteiger charge is 2.31. The van der Waals surface area contributed by atoms with Crippen molar-refractivity contribution in [2.45, 2.75) is 19.3 Å². The van der Waals surface area contributed by atoms with Gasteiger partial charge in [-0.15, -0.1) is 18.3 Å². The molecule has 1 N–H and O–H groups in total. The number of nitrogens with zero attached hydrogens (tertiary/aromatic N) is 5. The summed E-state index contributed by atoms with van der Waals surface area (Å²) in [4.78, 5) is 9.16. The molecule has 0 unspecified atom stereocenters. The van der Waals surface area contributed by atoms with Gasteiger partial charge in [-0.3, -0.25) is 4.90 Å². The molecule has 182 valence electrons. The first-order chi connectivity index (χ1) is 16.3. The number of alkyl halides is 3. The Morgan fingerprint density at radius 1 is 1.03 bits per heavy atom. The van der Waals surface area contributed by atoms with Gasteiger partial charge in [-0.05, 0) is 55.0 Å². The van der Waals surface area contributed by atoms with E-state index in [1.54, 1.807) is 0 Å². The quantitative estimate of drug-likeness (QED) is 0.577. The van der Waals surface area contributed by atoms with Crippen molar-refractivity contribution in [1.82, 2.24) is 19.7 Å². The predicted molar refractivity (Wildman–Crippen MR) is 123 cm³/mol. The van der Waals surface area contributed by atoms with Crippen LogP contribution in [0.25, 0.3) is 5.69 Å². The lowest BCUT2D eigenvalue weighted by Crippen LogP contribution is -2.56. The van der Waals surface area contributed by atoms with E-state index in [9.17, 15) is 13.2 Å². The fourth-order valence-electron chi connectivity index (χ4n) is 4.17. The third-order valence-corrected chi connectivity index (χ3v) is 5.96. The second-order valence-electron chi connectivity index (χ2n) is 8.45. The summed E-state index contributed by atoms with van der Waals surface area (Å²) >= 11 is 0. The number of aryl methyl sites for hydroxylation is 1. The Bertz CT molecular complexity index is 1130. The zero-order valence-electron chi connectivity index (χ0n) is 18.6. The maximum atomic E-state index is 12.3. The van der Waals surface area contributed by atoms with Crippen LogP contribution in [0.3, 0.4) is 0 Å². The standard InChI is InChI=1S/C23H25F3N6O2.H2/c1-16-10-17(12-19(11-16)30-6-8-31(9-7-30)20-13-33-14-20)28-22-27-15-32(29-22)18-2-4-21(5-3-18)34-23(24,25)26;/h2-5,10-12,15,20H,6-9,13-14H2,1H3,(H,28,29);1H. The van der Waals surface area contributed by atoms with Crippen molar-refractivity contribution in [1.29, 1.82) is 0 Å². The Hall–Kier alpha value is -3.31. The smallest absolute Gasteiger partial charge is 0.406 e. The van der Waals surface area contributed by atoms with Crippen molar-refractivity contribution in [2.24, 2.45) is 0 Å². The lowest BCUT2D eigenvalue weighted by Gasteiger charge is -2.43. The molecule has 0 aliphatic carbocycles. The fraction of sp³-hybridized carbons (Fsp3) is 0.391. The number of aromatic nitrogens is 3. The highest BCUT2D eigenvalue weighted by molar-refractivity contribution is 5.64. The molecule has 11 heteroatoms. The molecule has 8 nitrogen and oxygen atoms in total. The molecule has 1 aromatic heterocycles. The topological polar surface area (TPSA) is 67.7 Å². The number of rotatable bonds is 6. The first-order valence-corrected chi connectivity index (χ1v) is 11.1. The minimum absolute atomic E-state index is 0. The lowest BCUT2D eigenvalue weighted by atomic mass is 10.1. The fourth-order valence-corrected chi connectivity index (χ4v) is 4.17. The molecule has 0 atom stereocenters. The van der Waals surface area contributed by atoms with Crippen LogP contribution in [-0.2, 0) is 4.74 Å². The minimum atomic E-state index is -4.72. The maximum absolute atomic E-state index is 12.3. The summed E-state index contributed by atoms with van der Waals surface area (Å²) in [6.45, 7) is 7.67. The number of anilines is 3. The van der Waals surface area contributed by atoms with E-state index in [1.807, 2.05) is 13.0 Å². The summed E-state index contributed by atoms with van der Waals surface area (Å²) in [7, 11) is 0. The van der Waals surface area contributed by atoms with E-state index >= 15 is 0 Å². The van der Waals surface area contributed by atoms with E-state index in [0.29, 0.717) is 17.7 Å². The molecule has 3 aromatic rings. The molecule has 2 aromatic carbocycles. The summed E-state index contributed by atoms with van der Waals surface area (Å²) < 4.78 is 47.8. The van der Waals surface area contributed by atoms with Gasteiger partial charge < -0.3 is 19.7 Å². The second kappa shape index (κ2) is 9.15. The second-order valence-corrected chi connectivity index (χ2v) is 8.45. The largest absolute Gasteiger partial charge is 0.573 e. The number of ether oxygens (including phenoxy) is 2. The Kier molecular flexibility index (Phi) is 6.05. The molecule has 3 heterocycles. The highest BCUT2D eigenvalue weighted by atomic mass is 19.4. The molecule has 0 radical (unpaired) electrons. The van der Waals surface area contributed by atoms with Crippen LogP contribution in [-0.4, -0.2) is 71.5 Å². The molecule has 2 saturated heterocycles. The maximum Gasteiger partial charge on any atom is 0.573 e. The number of piperazine rings is 1. The summed E-state index contributed by atoms with van der Waals surface area (Å²) in [5.74, 6) is 0.103. The van der Waals surface area contributed by atoms with E-state index in [2.05, 4.69) is 42.1 Å². The van der Waals surface area contributed by atoms with Crippen LogP contribution in [0.15, 0.2) is 48.8 Å². The zero-order chi connectivity index (χ0) is 23.7. The molecule has 0 bridgehead atoms. The van der Waals surface area contributed by atoms with E-state index < -0.39 is 6.36 Å². The Morgan fingerprint density at radius 3 is 2.41 bits per heavy atom. The van der Waals surface area contributed by atoms with Gasteiger partial charge in [-0.25, -0.2) is 4.68 Å². The van der Waals surface area contributed by atoms with Gasteiger partial charge in [0, 0.05) is 39.0 Å². The first-order valence-electron chi connectivity index (χ1n) is 11.1. The van der Waals surface area contributed by atoms with Crippen LogP contribution in [0.4, 0.5) is 30.5 Å². The van der Waals surface area contributed by atoms with Gasteiger partial charge >= 0.3 is 6.36 Å². The number of benzene rings is 2. The van der Waals surface area contributed by atoms with Gasteiger partial charge in [-0.1, -0.05) is 0 Å². The Balaban J connectivity index is 0.00000289. The zero-order valence-corrected chi connectivity index (χ0v) is 18.6. The van der Waals surface area contributed by atoms with Crippen LogP contribution < -0.4 is 15.0 Å². The number of halogens is 3. The van der Waals surface area contributed by atoms with Crippen LogP contribution in [0.1, 0.15) is 6.99 Å². The Morgan fingerprint density at radius 2 is 1.76 bits per heavy atom. The summed E-state index contributed by atoms with van der Waals surface area (Å²) in [5, 5.41) is 7.63. The van der Waals surface area contributed by atoms with E-state index in [-0.39, 0.29) is 7.18 Å². The molecule has 2 aliphatic heterocycles. The van der Waals surface area contributed by atoms with Crippen molar-refractivity contribution in [3.05, 3.63) is 54.4 Å². The number of hydrogen-bond donors (Lipinski definition) is 1. The minimum Gasteiger partial charge on any atom is -0.406 e. The van der Waals surface area contributed by atoms with Crippen LogP contribution in [0, 0.1) is 6.92 Å². The van der Waals surface area contributed by atoms with Gasteiger partial charge in [0.2, 0.25) is 5.95 Å². The van der Waals surface area contributed by atoms with Gasteiger partial charge in [0.25, 0.3) is 0 Å². The predicted octanol–water partition coefficient (Wildman–Crippen LogP) is 3.98. The third kappa shape index (κ3) is 5.26. The van der Waals surface area contributed by atoms with Gasteiger partial charge in [0.15, 0.2) is 0 Å². The monoisotopic (exact) mass is 476 g/mol. The van der Waals surface area contributed by atoms with Gasteiger partial charge in [0.05, 0.1) is 24.9 Å². The van der Waals surface area contributed by atoms with Gasteiger partial charge in [0.1, 0.15) is 12.1 Å². The van der Waals surface area contributed by atoms with Crippen molar-refractivity contribution in [2.75, 3.05) is 49.6 Å². The number of nitrogens with one attached hydrogen (secondary N) is 1. The average Bonchev–Trinajstić information content (AvgIpc) is 3.20. The van der Waals surface area contributed by atoms with Crippen LogP contribution >= 0.6 is 0 Å². The van der Waals surface area contributed by atoms with Crippen LogP contribution in [0.2, 0.25) is 0 Å². The van der Waals surface area contributed by atoms with E-state index in [4.69, 9.17) is 4.74 Å². The molecule has 5 rings (SSSR count). The molecular formula is C23H27F3N6O2. The summed E-state index contributed by atoms with van der Waals surface area (Å²) in [6, 6.07) is 12.3. The van der Waals surface area contributed by atoms with E-state index in [0.717, 1.165) is 56.3 Å². The SMILES string of the molecule is Cc1cc(Nc2ncn(-c3ccc(OC(F)(F)F)cc3)n2)cc(N2CCN(C3COC3)CC2)c1.[HH]. The summed E-state index contributed by atoms with van der Waals surface area (Å²) in [6.07, 6.45) is -3.22. The normalized spacial score (nSPS) is 17.5. The lowest BCUT2D eigenvalue weighted by molar-refractivity contribution is -0.274. The summed E-state index contributed by atoms with van der Waals surface area (Å²) in [5.41, 5.74) is 3.70. The Labute approximate surface area is 196 Å². The average molecular weight is 477 g/mol. The molecule has 0 amide bonds. The highest BCUT2D eigenvalue weighted by Crippen LogP contribution is 2.27. The van der Waals surface area contributed by atoms with Crippen LogP contribution in [0.5, 0.6) is 5.75 Å². The molecule has 0 saturated carbocycles. The van der Waals surface area contributed by atoms with Gasteiger partial charge in [-0.2, -0.15) is 4.98 Å². The molecule has 34 heavy (non-hydrogen) atoms. The molecular weight excluding hydrogens is 449 g/mol. The van der Waals surface area contributed by atoms with Crippen molar-refractivity contribution in [3.63, 3.8) is 0 Å². The molecule has 0 spiro atoms. The molecule has 2 fully saturated rings. The third-order valence-electron chi connectivity index (χ3n) is 5.96. The number of hydrogen-bond acceptors (Lipinski definition) is 7. The van der Waals surface area contributed by atoms with Crippen molar-refractivity contribution in [3.8, 4) is 11.4 Å². The molecule has 2 aliphatic rings. The van der Waals surface area contributed by atoms with Crippen molar-refractivity contribution < 1.29 is 24.1 Å². The first kappa shape index (κ1) is 22.5. The van der Waals surface area contributed by atoms with E-state index in [1.165, 1.54) is 35.3 Å². The van der Waals surface area contributed by atoms with Crippen molar-refractivity contribution >= 4 is 17.3 Å².